The van der Waals surface area contributed by atoms with Crippen molar-refractivity contribution >= 4 is 16.7 Å². The first kappa shape index (κ1) is 13.7. The molecule has 5 heteroatoms. The second-order valence-corrected chi connectivity index (χ2v) is 5.38. The molecule has 0 saturated heterocycles. The van der Waals surface area contributed by atoms with Gasteiger partial charge in [-0.15, -0.1) is 0 Å². The third kappa shape index (κ3) is 2.29. The van der Waals surface area contributed by atoms with Gasteiger partial charge in [0.1, 0.15) is 11.5 Å². The maximum Gasteiger partial charge on any atom is 0.305 e. The Labute approximate surface area is 121 Å². The number of fused-ring (bicyclic) bond motifs is 2. The Hall–Kier alpha value is -2.27. The molecular weight excluding hydrogens is 272 g/mol. The maximum atomic E-state index is 10.8. The van der Waals surface area contributed by atoms with Gasteiger partial charge in [0, 0.05) is 5.56 Å². The molecule has 0 bridgehead atoms. The molecule has 21 heavy (non-hydrogen) atoms. The summed E-state index contributed by atoms with van der Waals surface area (Å²) in [7, 11) is 0. The van der Waals surface area contributed by atoms with Gasteiger partial charge in [-0.1, -0.05) is 18.2 Å². The zero-order chi connectivity index (χ0) is 15.1. The van der Waals surface area contributed by atoms with Crippen molar-refractivity contribution in [2.45, 2.75) is 32.0 Å². The summed E-state index contributed by atoms with van der Waals surface area (Å²) >= 11 is 0. The van der Waals surface area contributed by atoms with Crippen LogP contribution in [0.1, 0.15) is 30.6 Å². The first-order chi connectivity index (χ1) is 9.97. The number of aliphatic carboxylic acids is 1. The molecule has 0 spiro atoms. The largest absolute Gasteiger partial charge is 0.507 e. The molecule has 1 aliphatic heterocycles. The number of carboxylic acids is 1. The smallest absolute Gasteiger partial charge is 0.305 e. The number of ether oxygens (including phenoxy) is 1. The van der Waals surface area contributed by atoms with Gasteiger partial charge in [0.2, 0.25) is 0 Å². The van der Waals surface area contributed by atoms with Gasteiger partial charge in [0.15, 0.2) is 0 Å². The first-order valence-electron chi connectivity index (χ1n) is 6.81. The van der Waals surface area contributed by atoms with Crippen LogP contribution in [-0.2, 0) is 16.0 Å². The van der Waals surface area contributed by atoms with Crippen LogP contribution in [0, 0.1) is 0 Å². The van der Waals surface area contributed by atoms with Crippen molar-refractivity contribution in [3.8, 4) is 11.5 Å². The number of phenols is 2. The van der Waals surface area contributed by atoms with Crippen LogP contribution >= 0.6 is 0 Å². The summed E-state index contributed by atoms with van der Waals surface area (Å²) in [6.45, 7) is 1.78. The Morgan fingerprint density at radius 2 is 2.14 bits per heavy atom. The van der Waals surface area contributed by atoms with E-state index in [0.29, 0.717) is 17.4 Å². The lowest BCUT2D eigenvalue weighted by Crippen LogP contribution is -2.27. The molecule has 1 aliphatic rings. The SMILES string of the molecule is C[C@@H]1O[C@@H](CC(=O)O)Cc2cc3cccc(O)c3c(O)c21. The number of aromatic hydroxyl groups is 2. The van der Waals surface area contributed by atoms with E-state index < -0.39 is 18.2 Å². The molecule has 0 radical (unpaired) electrons. The molecule has 2 atom stereocenters. The number of carbonyl (C=O) groups is 1. The number of benzene rings is 2. The normalized spacial score (nSPS) is 21.2. The van der Waals surface area contributed by atoms with Gasteiger partial charge >= 0.3 is 5.97 Å². The van der Waals surface area contributed by atoms with Crippen molar-refractivity contribution in [3.05, 3.63) is 35.4 Å². The summed E-state index contributed by atoms with van der Waals surface area (Å²) in [5.41, 5.74) is 1.50. The summed E-state index contributed by atoms with van der Waals surface area (Å²) in [6.07, 6.45) is -0.449. The summed E-state index contributed by atoms with van der Waals surface area (Å²) in [5, 5.41) is 30.4. The minimum absolute atomic E-state index is 0.0156. The zero-order valence-corrected chi connectivity index (χ0v) is 11.5. The van der Waals surface area contributed by atoms with E-state index in [1.165, 1.54) is 6.07 Å². The van der Waals surface area contributed by atoms with E-state index >= 15 is 0 Å². The number of carboxylic acid groups (broad SMARTS) is 1. The van der Waals surface area contributed by atoms with Crippen LogP contribution in [-0.4, -0.2) is 27.4 Å². The van der Waals surface area contributed by atoms with Gasteiger partial charge in [0.25, 0.3) is 0 Å². The minimum atomic E-state index is -0.904. The third-order valence-electron chi connectivity index (χ3n) is 3.90. The standard InChI is InChI=1S/C16H16O5/c1-8-14-10(6-11(21-8)7-13(18)19)5-9-3-2-4-12(17)15(9)16(14)20/h2-5,8,11,17,20H,6-7H2,1H3,(H,18,19)/t8-,11+/m0/s1. The van der Waals surface area contributed by atoms with Crippen LogP contribution in [0.4, 0.5) is 0 Å². The van der Waals surface area contributed by atoms with E-state index in [-0.39, 0.29) is 17.9 Å². The highest BCUT2D eigenvalue weighted by atomic mass is 16.5. The number of hydrogen-bond acceptors (Lipinski definition) is 4. The monoisotopic (exact) mass is 288 g/mol. The quantitative estimate of drug-likeness (QED) is 0.791. The van der Waals surface area contributed by atoms with Crippen LogP contribution in [0.3, 0.4) is 0 Å². The molecule has 0 unspecified atom stereocenters. The van der Waals surface area contributed by atoms with Gasteiger partial charge in [-0.05, 0) is 30.4 Å². The zero-order valence-electron chi connectivity index (χ0n) is 11.5. The summed E-state index contributed by atoms with van der Waals surface area (Å²) < 4.78 is 5.67. The second kappa shape index (κ2) is 4.93. The molecule has 5 nitrogen and oxygen atoms in total. The molecule has 2 aromatic carbocycles. The molecule has 0 fully saturated rings. The van der Waals surface area contributed by atoms with Crippen LogP contribution in [0.25, 0.3) is 10.8 Å². The third-order valence-corrected chi connectivity index (χ3v) is 3.90. The number of hydrogen-bond donors (Lipinski definition) is 3. The van der Waals surface area contributed by atoms with Gasteiger partial charge in [-0.2, -0.15) is 0 Å². The fourth-order valence-electron chi connectivity index (χ4n) is 3.08. The fourth-order valence-corrected chi connectivity index (χ4v) is 3.08. The lowest BCUT2D eigenvalue weighted by molar-refractivity contribution is -0.141. The Morgan fingerprint density at radius 1 is 1.38 bits per heavy atom. The van der Waals surface area contributed by atoms with Crippen molar-refractivity contribution in [1.82, 2.24) is 0 Å². The average molecular weight is 288 g/mol. The van der Waals surface area contributed by atoms with Gasteiger partial charge in [-0.3, -0.25) is 4.79 Å². The van der Waals surface area contributed by atoms with Crippen LogP contribution in [0.5, 0.6) is 11.5 Å². The molecule has 0 saturated carbocycles. The molecule has 2 aromatic rings. The molecule has 110 valence electrons. The van der Waals surface area contributed by atoms with Crippen molar-refractivity contribution in [3.63, 3.8) is 0 Å². The molecule has 0 aliphatic carbocycles. The predicted octanol–water partition coefficient (Wildman–Crippen LogP) is 2.73. The van der Waals surface area contributed by atoms with E-state index in [0.717, 1.165) is 10.9 Å². The highest BCUT2D eigenvalue weighted by Crippen LogP contribution is 2.44. The van der Waals surface area contributed by atoms with Crippen molar-refractivity contribution in [1.29, 1.82) is 0 Å². The van der Waals surface area contributed by atoms with E-state index in [2.05, 4.69) is 0 Å². The first-order valence-corrected chi connectivity index (χ1v) is 6.81. The molecule has 3 rings (SSSR count). The van der Waals surface area contributed by atoms with E-state index in [1.807, 2.05) is 6.07 Å². The molecule has 0 amide bonds. The molecule has 0 aromatic heterocycles. The van der Waals surface area contributed by atoms with Crippen LogP contribution < -0.4 is 0 Å². The average Bonchev–Trinajstić information content (AvgIpc) is 2.36. The van der Waals surface area contributed by atoms with E-state index in [4.69, 9.17) is 9.84 Å². The number of phenolic OH excluding ortho intramolecular Hbond substituents is 2. The molecule has 3 N–H and O–H groups in total. The van der Waals surface area contributed by atoms with Gasteiger partial charge in [-0.25, -0.2) is 0 Å². The maximum absolute atomic E-state index is 10.8. The van der Waals surface area contributed by atoms with E-state index in [9.17, 15) is 15.0 Å². The highest BCUT2D eigenvalue weighted by molar-refractivity contribution is 5.95. The van der Waals surface area contributed by atoms with Crippen molar-refractivity contribution < 1.29 is 24.9 Å². The molecule has 1 heterocycles. The minimum Gasteiger partial charge on any atom is -0.507 e. The summed E-state index contributed by atoms with van der Waals surface area (Å²) in [4.78, 5) is 10.8. The second-order valence-electron chi connectivity index (χ2n) is 5.38. The van der Waals surface area contributed by atoms with Crippen molar-refractivity contribution in [2.75, 3.05) is 0 Å². The lowest BCUT2D eigenvalue weighted by atomic mass is 9.89. The Kier molecular flexibility index (Phi) is 3.22. The topological polar surface area (TPSA) is 87.0 Å². The Morgan fingerprint density at radius 3 is 2.86 bits per heavy atom. The Bertz CT molecular complexity index is 722. The lowest BCUT2D eigenvalue weighted by Gasteiger charge is -2.30. The van der Waals surface area contributed by atoms with Crippen LogP contribution in [0.2, 0.25) is 0 Å². The fraction of sp³-hybridized carbons (Fsp3) is 0.312. The van der Waals surface area contributed by atoms with E-state index in [1.54, 1.807) is 19.1 Å². The summed E-state index contributed by atoms with van der Waals surface area (Å²) in [6, 6.07) is 6.93. The van der Waals surface area contributed by atoms with Gasteiger partial charge < -0.3 is 20.1 Å². The molecular formula is C16H16O5. The van der Waals surface area contributed by atoms with Gasteiger partial charge in [0.05, 0.1) is 24.0 Å². The predicted molar refractivity (Wildman–Crippen MR) is 76.5 cm³/mol. The van der Waals surface area contributed by atoms with Crippen LogP contribution in [0.15, 0.2) is 24.3 Å². The highest BCUT2D eigenvalue weighted by Gasteiger charge is 2.30. The number of rotatable bonds is 2. The summed E-state index contributed by atoms with van der Waals surface area (Å²) in [5.74, 6) is -0.868. The Balaban J connectivity index is 2.14. The van der Waals surface area contributed by atoms with Crippen molar-refractivity contribution in [2.24, 2.45) is 0 Å².